The number of methoxy groups -OCH3 is 3. The summed E-state index contributed by atoms with van der Waals surface area (Å²) in [4.78, 5) is 11.6. The van der Waals surface area contributed by atoms with Crippen molar-refractivity contribution in [2.45, 2.75) is 95.2 Å². The standard InChI is InChI=1S/C21H38Br2O7Si/c1-13-17(25-5)18(26-6)19(27-7)20(28-13)29-14(10-11-24)15(12-16(22)23)30-31(8,9)21(2,3)4/h11-15,17-20H,10H2,1-9H3/t13-,14-,15+,17-,18+,19+,20-/m0/s1. The Kier molecular flexibility index (Phi) is 12.0. The van der Waals surface area contributed by atoms with Gasteiger partial charge in [0.1, 0.15) is 24.6 Å². The fourth-order valence-electron chi connectivity index (χ4n) is 3.32. The van der Waals surface area contributed by atoms with Crippen LogP contribution in [0.15, 0.2) is 9.47 Å². The molecule has 0 aromatic rings. The van der Waals surface area contributed by atoms with Crippen LogP contribution in [-0.4, -0.2) is 78.8 Å². The average molecular weight is 590 g/mol. The van der Waals surface area contributed by atoms with Crippen LogP contribution in [0.1, 0.15) is 34.1 Å². The van der Waals surface area contributed by atoms with E-state index in [-0.39, 0.29) is 29.8 Å². The lowest BCUT2D eigenvalue weighted by Crippen LogP contribution is -2.60. The zero-order valence-corrected chi connectivity index (χ0v) is 24.2. The number of ether oxygens (including phenoxy) is 5. The average Bonchev–Trinajstić information content (AvgIpc) is 2.65. The molecule has 31 heavy (non-hydrogen) atoms. The van der Waals surface area contributed by atoms with Gasteiger partial charge in [-0.15, -0.1) is 0 Å². The van der Waals surface area contributed by atoms with E-state index in [9.17, 15) is 4.79 Å². The molecule has 7 nitrogen and oxygen atoms in total. The molecule has 10 heteroatoms. The van der Waals surface area contributed by atoms with Gasteiger partial charge in [0.2, 0.25) is 0 Å². The van der Waals surface area contributed by atoms with Crippen LogP contribution in [-0.2, 0) is 32.9 Å². The first kappa shape index (κ1) is 29.4. The van der Waals surface area contributed by atoms with Crippen molar-refractivity contribution in [3.05, 3.63) is 9.47 Å². The van der Waals surface area contributed by atoms with Crippen molar-refractivity contribution in [3.63, 3.8) is 0 Å². The molecule has 0 aromatic carbocycles. The fourth-order valence-corrected chi connectivity index (χ4v) is 5.09. The molecule has 0 N–H and O–H groups in total. The van der Waals surface area contributed by atoms with Gasteiger partial charge >= 0.3 is 0 Å². The maximum atomic E-state index is 11.6. The fraction of sp³-hybridized carbons (Fsp3) is 0.857. The number of hydrogen-bond acceptors (Lipinski definition) is 7. The predicted molar refractivity (Wildman–Crippen MR) is 130 cm³/mol. The van der Waals surface area contributed by atoms with Gasteiger partial charge in [0.15, 0.2) is 14.6 Å². The summed E-state index contributed by atoms with van der Waals surface area (Å²) in [6.45, 7) is 12.7. The molecule has 1 aliphatic rings. The molecule has 1 rings (SSSR count). The van der Waals surface area contributed by atoms with Crippen molar-refractivity contribution >= 4 is 46.5 Å². The SMILES string of the molecule is CO[C@@H]1[C@@H](OC)[C@H](C)O[C@@H](O[C@@H](CC=O)[C@@H](C=C(Br)Br)O[Si](C)(C)C(C)(C)C)[C@@H]1OC. The van der Waals surface area contributed by atoms with Crippen molar-refractivity contribution in [3.8, 4) is 0 Å². The lowest BCUT2D eigenvalue weighted by atomic mass is 9.99. The summed E-state index contributed by atoms with van der Waals surface area (Å²) in [6.07, 6.45) is -0.494. The molecule has 1 fully saturated rings. The van der Waals surface area contributed by atoms with E-state index in [0.717, 1.165) is 9.68 Å². The summed E-state index contributed by atoms with van der Waals surface area (Å²) in [5, 5.41) is -0.0125. The highest BCUT2D eigenvalue weighted by atomic mass is 79.9. The van der Waals surface area contributed by atoms with E-state index >= 15 is 0 Å². The van der Waals surface area contributed by atoms with Crippen molar-refractivity contribution < 1.29 is 32.9 Å². The lowest BCUT2D eigenvalue weighted by molar-refractivity contribution is -0.318. The van der Waals surface area contributed by atoms with Crippen molar-refractivity contribution in [2.75, 3.05) is 21.3 Å². The predicted octanol–water partition coefficient (Wildman–Crippen LogP) is 4.77. The van der Waals surface area contributed by atoms with Gasteiger partial charge in [0.25, 0.3) is 0 Å². The number of halogens is 2. The van der Waals surface area contributed by atoms with E-state index < -0.39 is 32.9 Å². The van der Waals surface area contributed by atoms with Crippen LogP contribution in [0.4, 0.5) is 0 Å². The molecule has 1 aliphatic heterocycles. The van der Waals surface area contributed by atoms with Crippen LogP contribution < -0.4 is 0 Å². The Balaban J connectivity index is 3.23. The van der Waals surface area contributed by atoms with Crippen molar-refractivity contribution in [2.24, 2.45) is 0 Å². The van der Waals surface area contributed by atoms with Crippen LogP contribution in [0.3, 0.4) is 0 Å². The van der Waals surface area contributed by atoms with E-state index in [1.807, 2.05) is 13.0 Å². The first-order valence-corrected chi connectivity index (χ1v) is 14.9. The van der Waals surface area contributed by atoms with Gasteiger partial charge in [0.05, 0.1) is 21.7 Å². The highest BCUT2D eigenvalue weighted by Crippen LogP contribution is 2.39. The van der Waals surface area contributed by atoms with E-state index in [1.54, 1.807) is 21.3 Å². The van der Waals surface area contributed by atoms with Gasteiger partial charge in [-0.3, -0.25) is 0 Å². The Hall–Kier alpha value is 0.347. The van der Waals surface area contributed by atoms with E-state index in [4.69, 9.17) is 28.1 Å². The molecule has 0 saturated carbocycles. The number of aldehydes is 1. The van der Waals surface area contributed by atoms with Crippen LogP contribution in [0, 0.1) is 0 Å². The molecule has 0 aliphatic carbocycles. The molecule has 1 heterocycles. The summed E-state index contributed by atoms with van der Waals surface area (Å²) in [7, 11) is 2.63. The second-order valence-corrected chi connectivity index (χ2v) is 16.7. The van der Waals surface area contributed by atoms with Crippen LogP contribution in [0.5, 0.6) is 0 Å². The second kappa shape index (κ2) is 12.7. The smallest absolute Gasteiger partial charge is 0.193 e. The van der Waals surface area contributed by atoms with E-state index in [1.165, 1.54) is 0 Å². The second-order valence-electron chi connectivity index (χ2n) is 9.19. The molecule has 7 atom stereocenters. The molecular weight excluding hydrogens is 552 g/mol. The van der Waals surface area contributed by atoms with Crippen molar-refractivity contribution in [1.29, 1.82) is 0 Å². The Morgan fingerprint density at radius 2 is 1.61 bits per heavy atom. The Bertz CT molecular complexity index is 593. The third kappa shape index (κ3) is 7.96. The van der Waals surface area contributed by atoms with E-state index in [2.05, 4.69) is 65.7 Å². The summed E-state index contributed by atoms with van der Waals surface area (Å²) in [5.41, 5.74) is 0. The maximum absolute atomic E-state index is 11.6. The quantitative estimate of drug-likeness (QED) is 0.254. The zero-order valence-electron chi connectivity index (χ0n) is 20.0. The Morgan fingerprint density at radius 1 is 1.06 bits per heavy atom. The van der Waals surface area contributed by atoms with Crippen LogP contribution in [0.25, 0.3) is 0 Å². The number of carbonyl (C=O) groups is 1. The third-order valence-electron chi connectivity index (χ3n) is 6.07. The molecule has 1 saturated heterocycles. The maximum Gasteiger partial charge on any atom is 0.193 e. The minimum atomic E-state index is -2.17. The molecule has 0 aromatic heterocycles. The third-order valence-corrected chi connectivity index (χ3v) is 11.1. The van der Waals surface area contributed by atoms with Crippen LogP contribution >= 0.6 is 31.9 Å². The van der Waals surface area contributed by atoms with Gasteiger partial charge in [0, 0.05) is 27.8 Å². The first-order valence-electron chi connectivity index (χ1n) is 10.4. The summed E-state index contributed by atoms with van der Waals surface area (Å²) in [5.74, 6) is 0. The normalized spacial score (nSPS) is 29.3. The van der Waals surface area contributed by atoms with Crippen LogP contribution in [0.2, 0.25) is 18.1 Å². The minimum absolute atomic E-state index is 0.0125. The summed E-state index contributed by atoms with van der Waals surface area (Å²) >= 11 is 6.86. The highest BCUT2D eigenvalue weighted by molar-refractivity contribution is 9.28. The van der Waals surface area contributed by atoms with Gasteiger partial charge < -0.3 is 32.9 Å². The van der Waals surface area contributed by atoms with Crippen molar-refractivity contribution in [1.82, 2.24) is 0 Å². The number of hydrogen-bond donors (Lipinski definition) is 0. The Labute approximate surface area is 204 Å². The van der Waals surface area contributed by atoms with Gasteiger partial charge in [-0.2, -0.15) is 0 Å². The zero-order chi connectivity index (χ0) is 24.0. The molecule has 0 spiro atoms. The topological polar surface area (TPSA) is 72.5 Å². The summed E-state index contributed by atoms with van der Waals surface area (Å²) in [6, 6.07) is 0. The molecule has 0 radical (unpaired) electrons. The molecular formula is C21H38Br2O7Si. The largest absolute Gasteiger partial charge is 0.408 e. The lowest BCUT2D eigenvalue weighted by Gasteiger charge is -2.45. The highest BCUT2D eigenvalue weighted by Gasteiger charge is 2.48. The summed E-state index contributed by atoms with van der Waals surface area (Å²) < 4.78 is 36.7. The minimum Gasteiger partial charge on any atom is -0.408 e. The number of rotatable bonds is 11. The van der Waals surface area contributed by atoms with Gasteiger partial charge in [-0.05, 0) is 63.0 Å². The molecule has 0 unspecified atom stereocenters. The monoisotopic (exact) mass is 588 g/mol. The molecule has 0 amide bonds. The number of carbonyl (C=O) groups excluding carboxylic acids is 1. The van der Waals surface area contributed by atoms with E-state index in [0.29, 0.717) is 0 Å². The Morgan fingerprint density at radius 3 is 2.03 bits per heavy atom. The molecule has 182 valence electrons. The van der Waals surface area contributed by atoms with Gasteiger partial charge in [-0.1, -0.05) is 20.8 Å². The first-order chi connectivity index (χ1) is 14.3. The van der Waals surface area contributed by atoms with Gasteiger partial charge in [-0.25, -0.2) is 0 Å². The molecule has 0 bridgehead atoms.